The van der Waals surface area contributed by atoms with Crippen LogP contribution in [0.2, 0.25) is 0 Å². The second kappa shape index (κ2) is 40.4. The van der Waals surface area contributed by atoms with Gasteiger partial charge in [0.15, 0.2) is 6.10 Å². The molecule has 0 aromatic carbocycles. The maximum Gasteiger partial charge on any atom is 0.469 e. The molecule has 0 aliphatic carbocycles. The van der Waals surface area contributed by atoms with Crippen LogP contribution < -0.4 is 0 Å². The van der Waals surface area contributed by atoms with Crippen molar-refractivity contribution in [3.05, 3.63) is 60.8 Å². The number of rotatable bonds is 39. The lowest BCUT2D eigenvalue weighted by atomic mass is 10.1. The Morgan fingerprint density at radius 3 is 1.39 bits per heavy atom. The van der Waals surface area contributed by atoms with E-state index in [4.69, 9.17) is 19.3 Å². The lowest BCUT2D eigenvalue weighted by molar-refractivity contribution is -0.161. The molecule has 0 bridgehead atoms. The first-order valence-electron chi connectivity index (χ1n) is 21.6. The van der Waals surface area contributed by atoms with Crippen LogP contribution in [0, 0.1) is 0 Å². The molecule has 0 spiro atoms. The van der Waals surface area contributed by atoms with E-state index in [0.717, 1.165) is 57.8 Å². The first kappa shape index (κ1) is 51.8. The van der Waals surface area contributed by atoms with E-state index in [-0.39, 0.29) is 19.4 Å². The van der Waals surface area contributed by atoms with Gasteiger partial charge in [0.2, 0.25) is 0 Å². The van der Waals surface area contributed by atoms with Crippen molar-refractivity contribution < 1.29 is 37.9 Å². The molecule has 2 N–H and O–H groups in total. The molecule has 8 nitrogen and oxygen atoms in total. The van der Waals surface area contributed by atoms with Crippen LogP contribution in [0.15, 0.2) is 60.8 Å². The van der Waals surface area contributed by atoms with Gasteiger partial charge in [0.1, 0.15) is 6.61 Å². The highest BCUT2D eigenvalue weighted by Crippen LogP contribution is 2.36. The van der Waals surface area contributed by atoms with Crippen LogP contribution in [0.5, 0.6) is 0 Å². The highest BCUT2D eigenvalue weighted by Gasteiger charge is 2.22. The standard InChI is InChI=1S/C45H79O8P/c1-3-5-7-9-11-13-15-17-19-20-21-22-23-24-26-27-29-31-33-35-37-39-44(46)51-41-43(42-52-54(48,49)50)53-45(47)40-38-36-34-32-30-28-25-18-16-14-12-10-8-6-4-2/h6,8,12,14,18,20-21,25,30,32,43H,3-5,7,9-11,13,15-17,19,22-24,26-29,31,33-42H2,1-2H3,(H2,48,49,50)/b8-6-,14-12-,21-20-,25-18-,32-30-. The third-order valence-corrected chi connectivity index (χ3v) is 9.51. The SMILES string of the molecule is CC/C=C\C/C=C\C/C=C\C/C=C\CCCCC(=O)OC(COC(=O)CCCCCCCCCCC/C=C\CCCCCCCCCC)COP(=O)(O)O. The highest BCUT2D eigenvalue weighted by atomic mass is 31.2. The normalized spacial score (nSPS) is 13.0. The van der Waals surface area contributed by atoms with Gasteiger partial charge in [0.25, 0.3) is 0 Å². The van der Waals surface area contributed by atoms with E-state index >= 15 is 0 Å². The number of esters is 2. The number of hydrogen-bond donors (Lipinski definition) is 2. The van der Waals surface area contributed by atoms with Crippen LogP contribution in [0.4, 0.5) is 0 Å². The zero-order valence-electron chi connectivity index (χ0n) is 34.4. The number of carbonyl (C=O) groups is 2. The number of carbonyl (C=O) groups excluding carboxylic acids is 2. The number of phosphoric acid groups is 1. The van der Waals surface area contributed by atoms with Gasteiger partial charge in [0.05, 0.1) is 6.61 Å². The largest absolute Gasteiger partial charge is 0.469 e. The van der Waals surface area contributed by atoms with Gasteiger partial charge in [-0.15, -0.1) is 0 Å². The molecule has 9 heteroatoms. The molecule has 0 fully saturated rings. The van der Waals surface area contributed by atoms with Gasteiger partial charge in [-0.05, 0) is 77.0 Å². The van der Waals surface area contributed by atoms with Crippen LogP contribution in [0.1, 0.15) is 194 Å². The highest BCUT2D eigenvalue weighted by molar-refractivity contribution is 7.46. The number of hydrogen-bond acceptors (Lipinski definition) is 6. The number of ether oxygens (including phenoxy) is 2. The van der Waals surface area contributed by atoms with Crippen molar-refractivity contribution in [3.63, 3.8) is 0 Å². The van der Waals surface area contributed by atoms with Crippen LogP contribution in [-0.4, -0.2) is 41.0 Å². The predicted molar refractivity (Wildman–Crippen MR) is 225 cm³/mol. The minimum atomic E-state index is -4.77. The predicted octanol–water partition coefficient (Wildman–Crippen LogP) is 13.3. The van der Waals surface area contributed by atoms with Crippen molar-refractivity contribution in [2.45, 2.75) is 200 Å². The summed E-state index contributed by atoms with van der Waals surface area (Å²) in [4.78, 5) is 42.8. The quantitative estimate of drug-likeness (QED) is 0.0274. The van der Waals surface area contributed by atoms with E-state index in [1.165, 1.54) is 96.3 Å². The van der Waals surface area contributed by atoms with Gasteiger partial charge < -0.3 is 19.3 Å². The van der Waals surface area contributed by atoms with E-state index < -0.39 is 32.5 Å². The zero-order chi connectivity index (χ0) is 39.6. The lowest BCUT2D eigenvalue weighted by Gasteiger charge is -2.18. The molecule has 0 aromatic rings. The smallest absolute Gasteiger partial charge is 0.462 e. The van der Waals surface area contributed by atoms with Crippen molar-refractivity contribution in [1.29, 1.82) is 0 Å². The molecule has 54 heavy (non-hydrogen) atoms. The minimum absolute atomic E-state index is 0.157. The third-order valence-electron chi connectivity index (χ3n) is 9.02. The number of unbranched alkanes of at least 4 members (excludes halogenated alkanes) is 19. The fourth-order valence-electron chi connectivity index (χ4n) is 5.83. The van der Waals surface area contributed by atoms with E-state index in [2.05, 4.69) is 79.1 Å². The Morgan fingerprint density at radius 1 is 0.500 bits per heavy atom. The molecular weight excluding hydrogens is 699 g/mol. The Balaban J connectivity index is 3.93. The zero-order valence-corrected chi connectivity index (χ0v) is 35.2. The minimum Gasteiger partial charge on any atom is -0.462 e. The van der Waals surface area contributed by atoms with E-state index in [1.807, 2.05) is 0 Å². The average molecular weight is 779 g/mol. The number of phosphoric ester groups is 1. The molecule has 0 aliphatic rings. The van der Waals surface area contributed by atoms with Gasteiger partial charge in [-0.3, -0.25) is 14.1 Å². The van der Waals surface area contributed by atoms with Crippen molar-refractivity contribution >= 4 is 19.8 Å². The summed E-state index contributed by atoms with van der Waals surface area (Å²) in [5.74, 6) is -0.936. The maximum atomic E-state index is 12.4. The van der Waals surface area contributed by atoms with Crippen molar-refractivity contribution in [1.82, 2.24) is 0 Å². The molecule has 0 aliphatic heterocycles. The molecule has 0 saturated heterocycles. The van der Waals surface area contributed by atoms with Crippen molar-refractivity contribution in [2.24, 2.45) is 0 Å². The fourth-order valence-corrected chi connectivity index (χ4v) is 6.19. The molecule has 0 heterocycles. The summed E-state index contributed by atoms with van der Waals surface area (Å²) in [6.45, 7) is 3.54. The topological polar surface area (TPSA) is 119 Å². The molecule has 0 saturated carbocycles. The molecule has 0 amide bonds. The third kappa shape index (κ3) is 42.5. The van der Waals surface area contributed by atoms with Crippen LogP contribution in [0.25, 0.3) is 0 Å². The van der Waals surface area contributed by atoms with Crippen LogP contribution in [0.3, 0.4) is 0 Å². The molecule has 0 radical (unpaired) electrons. The summed E-state index contributed by atoms with van der Waals surface area (Å²) >= 11 is 0. The second-order valence-electron chi connectivity index (χ2n) is 14.3. The van der Waals surface area contributed by atoms with Gasteiger partial charge in [-0.2, -0.15) is 0 Å². The van der Waals surface area contributed by atoms with Gasteiger partial charge >= 0.3 is 19.8 Å². The van der Waals surface area contributed by atoms with Gasteiger partial charge in [-0.1, -0.05) is 164 Å². The van der Waals surface area contributed by atoms with E-state index in [0.29, 0.717) is 12.8 Å². The Labute approximate surface area is 330 Å². The Hall–Kier alpha value is -2.25. The first-order chi connectivity index (χ1) is 26.3. The Morgan fingerprint density at radius 2 is 0.889 bits per heavy atom. The monoisotopic (exact) mass is 779 g/mol. The van der Waals surface area contributed by atoms with Gasteiger partial charge in [0, 0.05) is 12.8 Å². The van der Waals surface area contributed by atoms with E-state index in [1.54, 1.807) is 0 Å². The average Bonchev–Trinajstić information content (AvgIpc) is 3.14. The molecule has 312 valence electrons. The fraction of sp³-hybridized carbons (Fsp3) is 0.733. The van der Waals surface area contributed by atoms with Crippen LogP contribution >= 0.6 is 7.82 Å². The molecule has 0 rings (SSSR count). The van der Waals surface area contributed by atoms with Crippen molar-refractivity contribution in [2.75, 3.05) is 13.2 Å². The van der Waals surface area contributed by atoms with Crippen molar-refractivity contribution in [3.8, 4) is 0 Å². The summed E-state index contributed by atoms with van der Waals surface area (Å²) in [5.41, 5.74) is 0. The molecule has 1 unspecified atom stereocenters. The van der Waals surface area contributed by atoms with E-state index in [9.17, 15) is 14.2 Å². The second-order valence-corrected chi connectivity index (χ2v) is 15.5. The van der Waals surface area contributed by atoms with Gasteiger partial charge in [-0.25, -0.2) is 4.57 Å². The Kier molecular flexibility index (Phi) is 38.7. The summed E-state index contributed by atoms with van der Waals surface area (Å²) in [6, 6.07) is 0. The maximum absolute atomic E-state index is 12.4. The van der Waals surface area contributed by atoms with Crippen LogP contribution in [-0.2, 0) is 28.2 Å². The Bertz CT molecular complexity index is 1060. The number of allylic oxidation sites excluding steroid dienone is 10. The summed E-state index contributed by atoms with van der Waals surface area (Å²) in [5, 5.41) is 0. The lowest BCUT2D eigenvalue weighted by Crippen LogP contribution is -2.29. The molecule has 0 aromatic heterocycles. The first-order valence-corrected chi connectivity index (χ1v) is 23.1. The summed E-state index contributed by atoms with van der Waals surface area (Å²) in [7, 11) is -4.77. The molecule has 1 atom stereocenters. The molecular formula is C45H79O8P. The summed E-state index contributed by atoms with van der Waals surface area (Å²) < 4.78 is 26.4. The summed E-state index contributed by atoms with van der Waals surface area (Å²) in [6.07, 6.45) is 50.9.